The number of nitrogens with one attached hydrogen (secondary N) is 1. The van der Waals surface area contributed by atoms with Crippen LogP contribution in [0.3, 0.4) is 0 Å². The van der Waals surface area contributed by atoms with Crippen molar-refractivity contribution in [3.05, 3.63) is 75.3 Å². The number of benzene rings is 2. The maximum Gasteiger partial charge on any atom is 0.290 e. The number of aromatic nitrogens is 3. The molecule has 1 aromatic heterocycles. The summed E-state index contributed by atoms with van der Waals surface area (Å²) in [5, 5.41) is 8.35. The zero-order valence-electron chi connectivity index (χ0n) is 14.5. The van der Waals surface area contributed by atoms with Crippen LogP contribution in [0.15, 0.2) is 42.5 Å². The lowest BCUT2D eigenvalue weighted by molar-refractivity contribution is 0.0944. The summed E-state index contributed by atoms with van der Waals surface area (Å²) in [5.41, 5.74) is 2.89. The van der Waals surface area contributed by atoms with Crippen LogP contribution in [0.5, 0.6) is 0 Å². The highest BCUT2D eigenvalue weighted by atomic mass is 35.5. The van der Waals surface area contributed by atoms with Gasteiger partial charge >= 0.3 is 0 Å². The minimum absolute atomic E-state index is 0.146. The van der Waals surface area contributed by atoms with E-state index in [0.29, 0.717) is 28.8 Å². The molecule has 0 fully saturated rings. The van der Waals surface area contributed by atoms with Crippen molar-refractivity contribution in [3.63, 3.8) is 0 Å². The lowest BCUT2D eigenvalue weighted by atomic mass is 10.1. The summed E-state index contributed by atoms with van der Waals surface area (Å²) in [7, 11) is 0. The van der Waals surface area contributed by atoms with E-state index < -0.39 is 0 Å². The van der Waals surface area contributed by atoms with Crippen molar-refractivity contribution in [2.24, 2.45) is 0 Å². The smallest absolute Gasteiger partial charge is 0.290 e. The standard InChI is InChI=1S/C19H18Cl2N4O/c1-12-5-3-4-6-17(12)25-13(2)23-18(24-25)19(26)22-10-9-14-7-8-15(20)11-16(14)21/h3-8,11H,9-10H2,1-2H3,(H,22,26). The number of halogens is 2. The van der Waals surface area contributed by atoms with Crippen molar-refractivity contribution in [1.82, 2.24) is 20.1 Å². The van der Waals surface area contributed by atoms with Gasteiger partial charge in [-0.25, -0.2) is 9.67 Å². The molecule has 5 nitrogen and oxygen atoms in total. The first kappa shape index (κ1) is 18.4. The number of rotatable bonds is 5. The Bertz CT molecular complexity index is 952. The fraction of sp³-hybridized carbons (Fsp3) is 0.211. The molecule has 3 aromatic rings. The predicted molar refractivity (Wildman–Crippen MR) is 103 cm³/mol. The second kappa shape index (κ2) is 7.89. The molecule has 0 spiro atoms. The summed E-state index contributed by atoms with van der Waals surface area (Å²) in [6.45, 7) is 4.24. The van der Waals surface area contributed by atoms with Gasteiger partial charge in [-0.05, 0) is 49.6 Å². The lowest BCUT2D eigenvalue weighted by Crippen LogP contribution is -2.27. The number of nitrogens with zero attached hydrogens (tertiary/aromatic N) is 3. The van der Waals surface area contributed by atoms with Crippen LogP contribution in [0.1, 0.15) is 27.6 Å². The highest BCUT2D eigenvalue weighted by Gasteiger charge is 2.15. The van der Waals surface area contributed by atoms with Gasteiger partial charge in [-0.3, -0.25) is 4.79 Å². The molecule has 0 aliphatic rings. The molecule has 1 heterocycles. The molecule has 134 valence electrons. The van der Waals surface area contributed by atoms with Gasteiger partial charge in [0.05, 0.1) is 5.69 Å². The lowest BCUT2D eigenvalue weighted by Gasteiger charge is -2.06. The van der Waals surface area contributed by atoms with Crippen molar-refractivity contribution in [2.45, 2.75) is 20.3 Å². The van der Waals surface area contributed by atoms with Crippen LogP contribution in [0, 0.1) is 13.8 Å². The molecule has 0 radical (unpaired) electrons. The minimum Gasteiger partial charge on any atom is -0.349 e. The van der Waals surface area contributed by atoms with Gasteiger partial charge in [0.2, 0.25) is 5.82 Å². The fourth-order valence-corrected chi connectivity index (χ4v) is 3.13. The molecule has 0 unspecified atom stereocenters. The van der Waals surface area contributed by atoms with Crippen molar-refractivity contribution < 1.29 is 4.79 Å². The molecule has 0 saturated heterocycles. The maximum atomic E-state index is 12.4. The van der Waals surface area contributed by atoms with Crippen LogP contribution in [0.25, 0.3) is 5.69 Å². The van der Waals surface area contributed by atoms with Crippen LogP contribution in [0.4, 0.5) is 0 Å². The second-order valence-corrected chi connectivity index (χ2v) is 6.77. The van der Waals surface area contributed by atoms with E-state index >= 15 is 0 Å². The number of amides is 1. The van der Waals surface area contributed by atoms with Crippen molar-refractivity contribution in [3.8, 4) is 5.69 Å². The van der Waals surface area contributed by atoms with Crippen molar-refractivity contribution >= 4 is 29.1 Å². The van der Waals surface area contributed by atoms with Gasteiger partial charge in [-0.2, -0.15) is 0 Å². The van der Waals surface area contributed by atoms with Crippen molar-refractivity contribution in [2.75, 3.05) is 6.54 Å². The van der Waals surface area contributed by atoms with E-state index in [-0.39, 0.29) is 11.7 Å². The van der Waals surface area contributed by atoms with Gasteiger partial charge in [0.15, 0.2) is 0 Å². The number of aryl methyl sites for hydroxylation is 2. The van der Waals surface area contributed by atoms with E-state index in [1.807, 2.05) is 44.2 Å². The Morgan fingerprint density at radius 3 is 2.65 bits per heavy atom. The molecule has 0 aliphatic heterocycles. The normalized spacial score (nSPS) is 10.8. The average Bonchev–Trinajstić information content (AvgIpc) is 2.99. The highest BCUT2D eigenvalue weighted by molar-refractivity contribution is 6.35. The second-order valence-electron chi connectivity index (χ2n) is 5.92. The van der Waals surface area contributed by atoms with Gasteiger partial charge in [0.25, 0.3) is 5.91 Å². The monoisotopic (exact) mass is 388 g/mol. The van der Waals surface area contributed by atoms with Crippen LogP contribution in [-0.4, -0.2) is 27.2 Å². The summed E-state index contributed by atoms with van der Waals surface area (Å²) in [6.07, 6.45) is 0.596. The number of hydrogen-bond donors (Lipinski definition) is 1. The third-order valence-electron chi connectivity index (χ3n) is 4.01. The van der Waals surface area contributed by atoms with Crippen LogP contribution in [-0.2, 0) is 6.42 Å². The first-order valence-corrected chi connectivity index (χ1v) is 8.93. The van der Waals surface area contributed by atoms with E-state index in [1.165, 1.54) is 0 Å². The Labute approximate surface area is 162 Å². The van der Waals surface area contributed by atoms with E-state index in [1.54, 1.807) is 16.8 Å². The molecule has 3 rings (SSSR count). The summed E-state index contributed by atoms with van der Waals surface area (Å²) in [5.74, 6) is 0.490. The third-order valence-corrected chi connectivity index (χ3v) is 4.60. The average molecular weight is 389 g/mol. The highest BCUT2D eigenvalue weighted by Crippen LogP contribution is 2.21. The molecule has 7 heteroatoms. The predicted octanol–water partition coefficient (Wildman–Crippen LogP) is 4.16. The Hall–Kier alpha value is -2.37. The van der Waals surface area contributed by atoms with E-state index in [2.05, 4.69) is 15.4 Å². The van der Waals surface area contributed by atoms with E-state index in [4.69, 9.17) is 23.2 Å². The van der Waals surface area contributed by atoms with Crippen LogP contribution < -0.4 is 5.32 Å². The first-order chi connectivity index (χ1) is 12.5. The topological polar surface area (TPSA) is 59.8 Å². The summed E-state index contributed by atoms with van der Waals surface area (Å²) < 4.78 is 1.68. The quantitative estimate of drug-likeness (QED) is 0.713. The summed E-state index contributed by atoms with van der Waals surface area (Å²) >= 11 is 12.0. The minimum atomic E-state index is -0.314. The summed E-state index contributed by atoms with van der Waals surface area (Å²) in [6, 6.07) is 13.1. The Balaban J connectivity index is 1.67. The molecule has 0 bridgehead atoms. The van der Waals surface area contributed by atoms with Gasteiger partial charge in [0.1, 0.15) is 5.82 Å². The molecule has 26 heavy (non-hydrogen) atoms. The number of para-hydroxylation sites is 1. The van der Waals surface area contributed by atoms with E-state index in [9.17, 15) is 4.79 Å². The molecule has 1 N–H and O–H groups in total. The first-order valence-electron chi connectivity index (χ1n) is 8.17. The van der Waals surface area contributed by atoms with Crippen LogP contribution >= 0.6 is 23.2 Å². The molecular formula is C19H18Cl2N4O. The molecular weight excluding hydrogens is 371 g/mol. The zero-order chi connectivity index (χ0) is 18.7. The van der Waals surface area contributed by atoms with Gasteiger partial charge in [-0.15, -0.1) is 5.10 Å². The van der Waals surface area contributed by atoms with Crippen molar-refractivity contribution in [1.29, 1.82) is 0 Å². The Morgan fingerprint density at radius 2 is 1.92 bits per heavy atom. The largest absolute Gasteiger partial charge is 0.349 e. The van der Waals surface area contributed by atoms with Crippen LogP contribution in [0.2, 0.25) is 10.0 Å². The van der Waals surface area contributed by atoms with Gasteiger partial charge < -0.3 is 5.32 Å². The molecule has 2 aromatic carbocycles. The fourth-order valence-electron chi connectivity index (χ4n) is 2.63. The maximum absolute atomic E-state index is 12.4. The number of carbonyl (C=O) groups is 1. The third kappa shape index (κ3) is 4.06. The van der Waals surface area contributed by atoms with Gasteiger partial charge in [-0.1, -0.05) is 47.5 Å². The molecule has 0 saturated carbocycles. The Kier molecular flexibility index (Phi) is 5.59. The van der Waals surface area contributed by atoms with E-state index in [0.717, 1.165) is 16.8 Å². The molecule has 1 amide bonds. The molecule has 0 aliphatic carbocycles. The zero-order valence-corrected chi connectivity index (χ0v) is 16.0. The molecule has 0 atom stereocenters. The SMILES string of the molecule is Cc1ccccc1-n1nc(C(=O)NCCc2ccc(Cl)cc2Cl)nc1C. The Morgan fingerprint density at radius 1 is 1.15 bits per heavy atom. The number of carbonyl (C=O) groups excluding carboxylic acids is 1. The summed E-state index contributed by atoms with van der Waals surface area (Å²) in [4.78, 5) is 16.6. The number of hydrogen-bond acceptors (Lipinski definition) is 3. The van der Waals surface area contributed by atoms with Gasteiger partial charge in [0, 0.05) is 16.6 Å².